The summed E-state index contributed by atoms with van der Waals surface area (Å²) in [6.07, 6.45) is -2.91. The monoisotopic (exact) mass is 408 g/mol. The van der Waals surface area contributed by atoms with Gasteiger partial charge in [0.15, 0.2) is 6.10 Å². The van der Waals surface area contributed by atoms with Crippen LogP contribution in [0.5, 0.6) is 0 Å². The molecule has 2 heterocycles. The minimum atomic E-state index is -1.54. The zero-order valence-electron chi connectivity index (χ0n) is 17.6. The van der Waals surface area contributed by atoms with Crippen LogP contribution in [0, 0.1) is 0 Å². The van der Waals surface area contributed by atoms with Gasteiger partial charge in [-0.15, -0.1) is 0 Å². The van der Waals surface area contributed by atoms with Gasteiger partial charge in [0.25, 0.3) is 5.91 Å². The molecule has 2 rings (SSSR count). The summed E-state index contributed by atoms with van der Waals surface area (Å²) >= 11 is 0. The summed E-state index contributed by atoms with van der Waals surface area (Å²) in [7, 11) is 0. The van der Waals surface area contributed by atoms with E-state index in [0.717, 1.165) is 6.92 Å². The summed E-state index contributed by atoms with van der Waals surface area (Å²) in [6.45, 7) is 9.60. The molecule has 0 spiro atoms. The third-order valence-electron chi connectivity index (χ3n) is 3.97. The number of morpholine rings is 1. The van der Waals surface area contributed by atoms with Gasteiger partial charge in [-0.3, -0.25) is 14.5 Å². The maximum Gasteiger partial charge on any atom is 0.351 e. The summed E-state index contributed by atoms with van der Waals surface area (Å²) in [6, 6.07) is 4.93. The van der Waals surface area contributed by atoms with Crippen molar-refractivity contribution in [3.8, 4) is 0 Å². The fourth-order valence-corrected chi connectivity index (χ4v) is 2.74. The summed E-state index contributed by atoms with van der Waals surface area (Å²) < 4.78 is 15.9. The summed E-state index contributed by atoms with van der Waals surface area (Å²) in [4.78, 5) is 42.9. The van der Waals surface area contributed by atoms with Crippen LogP contribution in [-0.2, 0) is 34.2 Å². The van der Waals surface area contributed by atoms with Crippen LogP contribution >= 0.6 is 0 Å². The number of hydrogen-bond donors (Lipinski definition) is 1. The van der Waals surface area contributed by atoms with Gasteiger partial charge < -0.3 is 19.3 Å². The Bertz CT molecular complexity index is 780. The Morgan fingerprint density at radius 2 is 1.93 bits per heavy atom. The first-order chi connectivity index (χ1) is 13.3. The minimum absolute atomic E-state index is 0.103. The number of pyridine rings is 1. The first kappa shape index (κ1) is 22.8. The summed E-state index contributed by atoms with van der Waals surface area (Å²) in [5.74, 6) is -1.90. The number of anilines is 1. The Hall–Kier alpha value is -2.52. The maximum absolute atomic E-state index is 13.1. The largest absolute Gasteiger partial charge is 0.457 e. The fourth-order valence-electron chi connectivity index (χ4n) is 2.74. The molecule has 0 saturated carbocycles. The van der Waals surface area contributed by atoms with E-state index in [1.165, 1.54) is 4.90 Å². The third-order valence-corrected chi connectivity index (χ3v) is 3.97. The molecule has 0 radical (unpaired) electrons. The van der Waals surface area contributed by atoms with Gasteiger partial charge in [0.1, 0.15) is 17.0 Å². The average molecular weight is 408 g/mol. The number of aliphatic hydroxyl groups is 1. The second-order valence-electron chi connectivity index (χ2n) is 8.28. The van der Waals surface area contributed by atoms with Gasteiger partial charge in [0.05, 0.1) is 18.8 Å². The van der Waals surface area contributed by atoms with E-state index < -0.39 is 41.3 Å². The standard InChI is InChI=1S/C20H28N2O7/c1-12(23)28-16(18(25)29-19(2,3)4)15-17(24)22(10-11-27-15)14-9-7-8-13(21-14)20(5,6)26/h7-9,15-16,26H,10-11H2,1-6H3/t15-,16-/m1/s1. The van der Waals surface area contributed by atoms with Gasteiger partial charge in [-0.2, -0.15) is 0 Å². The van der Waals surface area contributed by atoms with Crippen molar-refractivity contribution in [3.63, 3.8) is 0 Å². The zero-order chi connectivity index (χ0) is 22.0. The van der Waals surface area contributed by atoms with Gasteiger partial charge in [0, 0.05) is 6.92 Å². The van der Waals surface area contributed by atoms with Crippen molar-refractivity contribution in [2.24, 2.45) is 0 Å². The Balaban J connectivity index is 2.32. The van der Waals surface area contributed by atoms with Crippen molar-refractivity contribution in [3.05, 3.63) is 23.9 Å². The van der Waals surface area contributed by atoms with Crippen molar-refractivity contribution < 1.29 is 33.7 Å². The number of ether oxygens (including phenoxy) is 3. The minimum Gasteiger partial charge on any atom is -0.457 e. The molecule has 1 saturated heterocycles. The zero-order valence-corrected chi connectivity index (χ0v) is 17.6. The van der Waals surface area contributed by atoms with Crippen LogP contribution in [0.3, 0.4) is 0 Å². The maximum atomic E-state index is 13.1. The highest BCUT2D eigenvalue weighted by Crippen LogP contribution is 2.24. The highest BCUT2D eigenvalue weighted by Gasteiger charge is 2.44. The van der Waals surface area contributed by atoms with Crippen LogP contribution in [0.1, 0.15) is 47.2 Å². The predicted molar refractivity (Wildman–Crippen MR) is 103 cm³/mol. The number of nitrogens with zero attached hydrogens (tertiary/aromatic N) is 2. The second-order valence-corrected chi connectivity index (χ2v) is 8.28. The molecule has 1 N–H and O–H groups in total. The number of carbonyl (C=O) groups is 3. The first-order valence-electron chi connectivity index (χ1n) is 9.32. The van der Waals surface area contributed by atoms with Crippen molar-refractivity contribution in [2.75, 3.05) is 18.1 Å². The molecule has 1 aromatic heterocycles. The summed E-state index contributed by atoms with van der Waals surface area (Å²) in [5.41, 5.74) is -1.65. The van der Waals surface area contributed by atoms with Gasteiger partial charge in [-0.05, 0) is 46.8 Å². The SMILES string of the molecule is CC(=O)O[C@@H](C(=O)OC(C)(C)C)[C@H]1OCCN(c2cccc(C(C)(C)O)n2)C1=O. The molecule has 2 atom stereocenters. The Kier molecular flexibility index (Phi) is 6.64. The van der Waals surface area contributed by atoms with Crippen LogP contribution < -0.4 is 4.90 Å². The lowest BCUT2D eigenvalue weighted by Gasteiger charge is -2.35. The Morgan fingerprint density at radius 3 is 2.48 bits per heavy atom. The molecule has 9 nitrogen and oxygen atoms in total. The van der Waals surface area contributed by atoms with E-state index in [4.69, 9.17) is 14.2 Å². The van der Waals surface area contributed by atoms with Gasteiger partial charge in [0.2, 0.25) is 6.10 Å². The lowest BCUT2D eigenvalue weighted by molar-refractivity contribution is -0.188. The molecule has 0 aromatic carbocycles. The van der Waals surface area contributed by atoms with Crippen LogP contribution in [0.2, 0.25) is 0 Å². The topological polar surface area (TPSA) is 115 Å². The van der Waals surface area contributed by atoms with Crippen LogP contribution in [0.15, 0.2) is 18.2 Å². The third kappa shape index (κ3) is 5.98. The molecule has 9 heteroatoms. The average Bonchev–Trinajstić information content (AvgIpc) is 2.58. The van der Waals surface area contributed by atoms with Gasteiger partial charge in [-0.25, -0.2) is 9.78 Å². The molecule has 1 fully saturated rings. The van der Waals surface area contributed by atoms with E-state index in [-0.39, 0.29) is 13.2 Å². The summed E-state index contributed by atoms with van der Waals surface area (Å²) in [5, 5.41) is 10.2. The quantitative estimate of drug-likeness (QED) is 0.725. The molecule has 160 valence electrons. The van der Waals surface area contributed by atoms with E-state index in [9.17, 15) is 19.5 Å². The first-order valence-corrected chi connectivity index (χ1v) is 9.32. The lowest BCUT2D eigenvalue weighted by atomic mass is 10.0. The van der Waals surface area contributed by atoms with Crippen LogP contribution in [-0.4, -0.2) is 58.9 Å². The number of aromatic nitrogens is 1. The molecule has 1 aliphatic heterocycles. The molecule has 0 bridgehead atoms. The van der Waals surface area contributed by atoms with Crippen molar-refractivity contribution in [1.29, 1.82) is 0 Å². The Labute approximate surface area is 169 Å². The smallest absolute Gasteiger partial charge is 0.351 e. The fraction of sp³-hybridized carbons (Fsp3) is 0.600. The lowest BCUT2D eigenvalue weighted by Crippen LogP contribution is -2.56. The van der Waals surface area contributed by atoms with E-state index in [1.807, 2.05) is 0 Å². The van der Waals surface area contributed by atoms with Crippen molar-refractivity contribution in [2.45, 2.75) is 65.0 Å². The molecule has 1 amide bonds. The van der Waals surface area contributed by atoms with Crippen LogP contribution in [0.25, 0.3) is 0 Å². The molecule has 1 aliphatic rings. The number of esters is 2. The predicted octanol–water partition coefficient (Wildman–Crippen LogP) is 1.31. The van der Waals surface area contributed by atoms with E-state index in [0.29, 0.717) is 11.5 Å². The molecule has 0 unspecified atom stereocenters. The molecule has 1 aromatic rings. The van der Waals surface area contributed by atoms with Gasteiger partial charge >= 0.3 is 11.9 Å². The Morgan fingerprint density at radius 1 is 1.28 bits per heavy atom. The molecule has 0 aliphatic carbocycles. The molecular weight excluding hydrogens is 380 g/mol. The van der Waals surface area contributed by atoms with Crippen LogP contribution in [0.4, 0.5) is 5.82 Å². The molecule has 29 heavy (non-hydrogen) atoms. The van der Waals surface area contributed by atoms with E-state index in [1.54, 1.807) is 52.8 Å². The van der Waals surface area contributed by atoms with Crippen molar-refractivity contribution >= 4 is 23.7 Å². The second kappa shape index (κ2) is 8.46. The van der Waals surface area contributed by atoms with E-state index >= 15 is 0 Å². The molecular formula is C20H28N2O7. The van der Waals surface area contributed by atoms with Crippen molar-refractivity contribution in [1.82, 2.24) is 4.98 Å². The number of rotatable bonds is 5. The highest BCUT2D eigenvalue weighted by molar-refractivity contribution is 6.00. The number of hydrogen-bond acceptors (Lipinski definition) is 8. The van der Waals surface area contributed by atoms with Gasteiger partial charge in [-0.1, -0.05) is 6.07 Å². The number of carbonyl (C=O) groups excluding carboxylic acids is 3. The number of amides is 1. The van der Waals surface area contributed by atoms with E-state index in [2.05, 4.69) is 4.98 Å². The highest BCUT2D eigenvalue weighted by atomic mass is 16.6. The normalized spacial score (nSPS) is 18.9.